The molecule has 3 heterocycles. The summed E-state index contributed by atoms with van der Waals surface area (Å²) >= 11 is 3.40. The van der Waals surface area contributed by atoms with Gasteiger partial charge in [0.15, 0.2) is 0 Å². The highest BCUT2D eigenvalue weighted by Crippen LogP contribution is 2.30. The Labute approximate surface area is 133 Å². The Morgan fingerprint density at radius 3 is 3.24 bits per heavy atom. The van der Waals surface area contributed by atoms with Crippen molar-refractivity contribution < 1.29 is 4.79 Å². The molecular weight excluding hydrogens is 302 g/mol. The average Bonchev–Trinajstić information content (AvgIpc) is 3.18. The summed E-state index contributed by atoms with van der Waals surface area (Å²) in [4.78, 5) is 23.0. The van der Waals surface area contributed by atoms with E-state index in [-0.39, 0.29) is 5.91 Å². The van der Waals surface area contributed by atoms with E-state index in [1.807, 2.05) is 17.2 Å². The van der Waals surface area contributed by atoms with Crippen molar-refractivity contribution in [3.05, 3.63) is 35.2 Å². The number of rotatable bonds is 4. The molecule has 1 unspecified atom stereocenters. The third-order valence-electron chi connectivity index (χ3n) is 3.69. The number of aromatic amines is 1. The minimum absolute atomic E-state index is 0.166. The number of thioether (sulfide) groups is 1. The molecule has 1 fully saturated rings. The van der Waals surface area contributed by atoms with Crippen LogP contribution in [0, 0.1) is 0 Å². The zero-order chi connectivity index (χ0) is 14.7. The van der Waals surface area contributed by atoms with E-state index in [0.717, 1.165) is 42.4 Å². The highest BCUT2D eigenvalue weighted by Gasteiger charge is 2.27. The number of thiophene rings is 1. The predicted molar refractivity (Wildman–Crippen MR) is 87.2 cm³/mol. The summed E-state index contributed by atoms with van der Waals surface area (Å²) in [7, 11) is 0. The van der Waals surface area contributed by atoms with E-state index in [0.29, 0.717) is 5.92 Å². The Morgan fingerprint density at radius 2 is 2.48 bits per heavy atom. The first-order valence-electron chi connectivity index (χ1n) is 7.29. The third kappa shape index (κ3) is 3.32. The number of carbonyl (C=O) groups is 1. The lowest BCUT2D eigenvalue weighted by Crippen LogP contribution is -2.39. The maximum atomic E-state index is 12.6. The molecule has 1 aliphatic rings. The van der Waals surface area contributed by atoms with Gasteiger partial charge in [-0.1, -0.05) is 6.92 Å². The summed E-state index contributed by atoms with van der Waals surface area (Å²) < 4.78 is 1.22. The minimum atomic E-state index is 0.166. The third-order valence-corrected chi connectivity index (χ3v) is 5.87. The molecule has 0 aromatic carbocycles. The number of likely N-dealkylation sites (tertiary alicyclic amines) is 1. The van der Waals surface area contributed by atoms with Gasteiger partial charge in [0.1, 0.15) is 5.82 Å². The van der Waals surface area contributed by atoms with E-state index < -0.39 is 0 Å². The molecule has 1 aliphatic heterocycles. The van der Waals surface area contributed by atoms with E-state index in [9.17, 15) is 4.79 Å². The normalized spacial score (nSPS) is 18.9. The van der Waals surface area contributed by atoms with E-state index in [4.69, 9.17) is 0 Å². The number of hydrogen-bond acceptors (Lipinski definition) is 4. The van der Waals surface area contributed by atoms with Crippen LogP contribution in [-0.2, 0) is 0 Å². The van der Waals surface area contributed by atoms with Crippen molar-refractivity contribution in [2.75, 3.05) is 18.8 Å². The Hall–Kier alpha value is -1.27. The quantitative estimate of drug-likeness (QED) is 0.875. The summed E-state index contributed by atoms with van der Waals surface area (Å²) in [5.74, 6) is 2.54. The number of nitrogens with zero attached hydrogens (tertiary/aromatic N) is 2. The van der Waals surface area contributed by atoms with Crippen molar-refractivity contribution in [3.8, 4) is 0 Å². The average molecular weight is 321 g/mol. The molecule has 1 amide bonds. The van der Waals surface area contributed by atoms with Crippen molar-refractivity contribution in [2.45, 2.75) is 29.9 Å². The lowest BCUT2D eigenvalue weighted by atomic mass is 9.97. The highest BCUT2D eigenvalue weighted by molar-refractivity contribution is 8.01. The molecule has 3 rings (SSSR count). The van der Waals surface area contributed by atoms with Crippen LogP contribution in [0.5, 0.6) is 0 Å². The molecule has 1 saturated heterocycles. The zero-order valence-electron chi connectivity index (χ0n) is 12.0. The fourth-order valence-electron chi connectivity index (χ4n) is 2.70. The van der Waals surface area contributed by atoms with Gasteiger partial charge in [0.25, 0.3) is 5.91 Å². The summed E-state index contributed by atoms with van der Waals surface area (Å²) in [6, 6.07) is 4.02. The standard InChI is InChI=1S/C15H19N3OS2/c1-2-20-13-6-5-12(21-13)15(19)18-9-3-4-11(10-18)14-16-7-8-17-14/h5-8,11H,2-4,9-10H2,1H3,(H,16,17). The van der Waals surface area contributed by atoms with Gasteiger partial charge in [0.2, 0.25) is 0 Å². The molecule has 4 nitrogen and oxygen atoms in total. The number of aromatic nitrogens is 2. The smallest absolute Gasteiger partial charge is 0.263 e. The zero-order valence-corrected chi connectivity index (χ0v) is 13.7. The topological polar surface area (TPSA) is 49.0 Å². The number of piperidine rings is 1. The number of carbonyl (C=O) groups excluding carboxylic acids is 1. The van der Waals surface area contributed by atoms with Crippen LogP contribution in [-0.4, -0.2) is 39.6 Å². The van der Waals surface area contributed by atoms with Gasteiger partial charge in [-0.05, 0) is 30.7 Å². The maximum Gasteiger partial charge on any atom is 0.263 e. The molecule has 0 saturated carbocycles. The van der Waals surface area contributed by atoms with E-state index in [1.165, 1.54) is 4.21 Å². The second kappa shape index (κ2) is 6.66. The molecule has 0 aliphatic carbocycles. The Morgan fingerprint density at radius 1 is 1.57 bits per heavy atom. The molecule has 112 valence electrons. The van der Waals surface area contributed by atoms with Crippen LogP contribution < -0.4 is 0 Å². The van der Waals surface area contributed by atoms with Crippen molar-refractivity contribution >= 4 is 29.0 Å². The molecule has 6 heteroatoms. The van der Waals surface area contributed by atoms with Gasteiger partial charge in [0, 0.05) is 31.4 Å². The SMILES string of the molecule is CCSc1ccc(C(=O)N2CCCC(c3ncc[nH]3)C2)s1. The molecule has 0 radical (unpaired) electrons. The fraction of sp³-hybridized carbons (Fsp3) is 0.467. The number of imidazole rings is 1. The van der Waals surface area contributed by atoms with Gasteiger partial charge in [-0.2, -0.15) is 0 Å². The van der Waals surface area contributed by atoms with Crippen LogP contribution in [0.3, 0.4) is 0 Å². The summed E-state index contributed by atoms with van der Waals surface area (Å²) in [6.45, 7) is 3.75. The lowest BCUT2D eigenvalue weighted by molar-refractivity contribution is 0.0709. The molecule has 0 bridgehead atoms. The summed E-state index contributed by atoms with van der Waals surface area (Å²) in [5.41, 5.74) is 0. The Kier molecular flexibility index (Phi) is 4.65. The number of H-pyrrole nitrogens is 1. The van der Waals surface area contributed by atoms with Crippen LogP contribution in [0.1, 0.15) is 41.2 Å². The van der Waals surface area contributed by atoms with E-state index >= 15 is 0 Å². The van der Waals surface area contributed by atoms with Crippen LogP contribution in [0.4, 0.5) is 0 Å². The predicted octanol–water partition coefficient (Wildman–Crippen LogP) is 3.60. The second-order valence-corrected chi connectivity index (χ2v) is 7.76. The summed E-state index contributed by atoms with van der Waals surface area (Å²) in [6.07, 6.45) is 5.77. The van der Waals surface area contributed by atoms with Crippen molar-refractivity contribution in [2.24, 2.45) is 0 Å². The minimum Gasteiger partial charge on any atom is -0.348 e. The first kappa shape index (κ1) is 14.7. The van der Waals surface area contributed by atoms with Crippen molar-refractivity contribution in [3.63, 3.8) is 0 Å². The first-order chi connectivity index (χ1) is 10.3. The number of amides is 1. The van der Waals surface area contributed by atoms with Gasteiger partial charge < -0.3 is 9.88 Å². The van der Waals surface area contributed by atoms with E-state index in [1.54, 1.807) is 29.3 Å². The molecule has 1 atom stereocenters. The fourth-order valence-corrected chi connectivity index (χ4v) is 4.71. The molecule has 0 spiro atoms. The van der Waals surface area contributed by atoms with Gasteiger partial charge >= 0.3 is 0 Å². The lowest BCUT2D eigenvalue weighted by Gasteiger charge is -2.31. The van der Waals surface area contributed by atoms with Crippen LogP contribution in [0.2, 0.25) is 0 Å². The van der Waals surface area contributed by atoms with Crippen LogP contribution in [0.15, 0.2) is 28.7 Å². The Bertz CT molecular complexity index is 594. The molecule has 21 heavy (non-hydrogen) atoms. The van der Waals surface area contributed by atoms with Crippen LogP contribution in [0.25, 0.3) is 0 Å². The Balaban J connectivity index is 1.68. The van der Waals surface area contributed by atoms with Gasteiger partial charge in [-0.3, -0.25) is 4.79 Å². The van der Waals surface area contributed by atoms with Gasteiger partial charge in [-0.25, -0.2) is 4.98 Å². The second-order valence-electron chi connectivity index (χ2n) is 5.12. The van der Waals surface area contributed by atoms with Crippen molar-refractivity contribution in [1.82, 2.24) is 14.9 Å². The highest BCUT2D eigenvalue weighted by atomic mass is 32.2. The molecule has 2 aromatic rings. The van der Waals surface area contributed by atoms with Gasteiger partial charge in [0.05, 0.1) is 9.09 Å². The van der Waals surface area contributed by atoms with E-state index in [2.05, 4.69) is 23.0 Å². The molecular formula is C15H19N3OS2. The maximum absolute atomic E-state index is 12.6. The molecule has 1 N–H and O–H groups in total. The van der Waals surface area contributed by atoms with Crippen LogP contribution >= 0.6 is 23.1 Å². The summed E-state index contributed by atoms with van der Waals surface area (Å²) in [5, 5.41) is 0. The molecule has 2 aromatic heterocycles. The number of nitrogens with one attached hydrogen (secondary N) is 1. The first-order valence-corrected chi connectivity index (χ1v) is 9.09. The number of hydrogen-bond donors (Lipinski definition) is 1. The van der Waals surface area contributed by atoms with Gasteiger partial charge in [-0.15, -0.1) is 23.1 Å². The largest absolute Gasteiger partial charge is 0.348 e. The monoisotopic (exact) mass is 321 g/mol. The van der Waals surface area contributed by atoms with Crippen molar-refractivity contribution in [1.29, 1.82) is 0 Å².